The van der Waals surface area contributed by atoms with Crippen molar-refractivity contribution < 1.29 is 98.5 Å². The molecular weight excluding hydrogens is 1720 g/mol. The van der Waals surface area contributed by atoms with Crippen molar-refractivity contribution in [3.63, 3.8) is 0 Å². The minimum Gasteiger partial charge on any atom is -1.00 e. The average Bonchev–Trinajstić information content (AvgIpc) is 1.64. The third kappa shape index (κ3) is 29.5. The van der Waals surface area contributed by atoms with E-state index in [-0.39, 0.29) is 98.1 Å². The molecule has 4 fully saturated rings. The van der Waals surface area contributed by atoms with Crippen LogP contribution in [0.15, 0.2) is 65.6 Å². The number of nitrogen functional groups attached to an aromatic ring is 1. The molecule has 38 nitrogen and oxygen atoms in total. The van der Waals surface area contributed by atoms with Gasteiger partial charge in [0.05, 0.1) is 100 Å². The molecule has 12 rings (SSSR count). The number of rotatable bonds is 23. The number of aliphatic hydroxyl groups is 5. The molecule has 7 N–H and O–H groups in total. The van der Waals surface area contributed by atoms with Crippen LogP contribution < -0.4 is 35.3 Å². The predicted octanol–water partition coefficient (Wildman–Crippen LogP) is 6.32. The largest absolute Gasteiger partial charge is 1.00 e. The second kappa shape index (κ2) is 47.8. The Bertz CT molecular complexity index is 4690. The van der Waals surface area contributed by atoms with Gasteiger partial charge in [-0.15, -0.1) is 12.8 Å². The van der Waals surface area contributed by atoms with Crippen molar-refractivity contribution in [3.8, 4) is 24.7 Å². The molecule has 0 bridgehead atoms. The molecule has 122 heavy (non-hydrogen) atoms. The number of imidazole rings is 4. The fourth-order valence-electron chi connectivity index (χ4n) is 11.0. The quantitative estimate of drug-likeness (QED) is 0.00776. The molecule has 12 atom stereocenters. The Hall–Kier alpha value is -6.65. The smallest absolute Gasteiger partial charge is 1.00 e. The van der Waals surface area contributed by atoms with Gasteiger partial charge in [-0.1, -0.05) is 103 Å². The fraction of sp³-hybridized carbons (Fsp3) is 0.654. The molecule has 4 aliphatic rings. The van der Waals surface area contributed by atoms with Gasteiger partial charge in [0.15, 0.2) is 86.4 Å². The van der Waals surface area contributed by atoms with Crippen molar-refractivity contribution in [2.24, 2.45) is 15.0 Å². The zero-order valence-electron chi connectivity index (χ0n) is 76.6. The van der Waals surface area contributed by atoms with Gasteiger partial charge in [-0.3, -0.25) is 23.2 Å². The summed E-state index contributed by atoms with van der Waals surface area (Å²) < 4.78 is 59.2. The number of anilines is 1. The van der Waals surface area contributed by atoms with Gasteiger partial charge in [0.1, 0.15) is 86.8 Å². The molecule has 0 aliphatic carbocycles. The Morgan fingerprint density at radius 1 is 0.525 bits per heavy atom. The predicted molar refractivity (Wildman–Crippen MR) is 481 cm³/mol. The van der Waals surface area contributed by atoms with Crippen LogP contribution in [0.1, 0.15) is 114 Å². The van der Waals surface area contributed by atoms with E-state index in [9.17, 15) is 20.4 Å². The van der Waals surface area contributed by atoms with E-state index in [2.05, 4.69) is 204 Å². The van der Waals surface area contributed by atoms with E-state index >= 15 is 0 Å². The van der Waals surface area contributed by atoms with E-state index in [1.165, 1.54) is 25.3 Å². The van der Waals surface area contributed by atoms with Crippen LogP contribution in [0.3, 0.4) is 0 Å². The minimum absolute atomic E-state index is 0. The number of fused-ring (bicyclic) bond motifs is 4. The van der Waals surface area contributed by atoms with Gasteiger partial charge in [-0.2, -0.15) is 11.1 Å². The molecule has 0 spiro atoms. The van der Waals surface area contributed by atoms with Crippen LogP contribution in [-0.4, -0.2) is 330 Å². The van der Waals surface area contributed by atoms with E-state index in [0.717, 1.165) is 0 Å². The van der Waals surface area contributed by atoms with Crippen LogP contribution in [0.2, 0.25) is 54.4 Å². The number of aromatic nitrogens is 16. The first-order chi connectivity index (χ1) is 56.7. The molecule has 8 aromatic heterocycles. The molecule has 0 saturated carbocycles. The van der Waals surface area contributed by atoms with Crippen molar-refractivity contribution in [2.45, 2.75) is 223 Å². The molecule has 44 heteroatoms. The van der Waals surface area contributed by atoms with Crippen LogP contribution >= 0.6 is 27.0 Å². The number of halogens is 2. The number of terminal acetylenes is 2. The Kier molecular flexibility index (Phi) is 41.5. The summed E-state index contributed by atoms with van der Waals surface area (Å²) >= 11 is 9.16. The van der Waals surface area contributed by atoms with Crippen LogP contribution in [0, 0.1) is 24.7 Å². The van der Waals surface area contributed by atoms with E-state index in [1.54, 1.807) is 72.6 Å². The standard InChI is InChI=1S/C22H34N6O3Si.C19H32N6O3Si.C13H18N6O3.C10H13N5O3.C6H15ClSi.C5H13NO2.C3H3Br.Na.H/c1-9-10-29-16-11-18(31-17(16)12-30-32(7,8)22(2,3)4)28-15-25-19-20(26-14-27(5)6)23-13-24-21(19)28;1-19(2,3)29(6,7)27-9-14-13(26)8-15(28-14)25-12-22-16-17(23-11-24(4)5)20-10-21-18(16)25;1-18(2)6-17-12-11-13(15-5-14-12)19(7-16-11)10-3-8(21)9(4-20)22-10;11-9-8-10(13-3-12-9)15(4-14-8)7-1-5(17)6(2-16)18-7;1-6(2,3)8(4,5)7;1-6(2)5(7-3)8-4;1-2-3-4;;/h1,13-18H,10-12H2,2-8H3;10-15,26H,8-9H2,1-7H3;5-10,20-21H,3-4H2,1-2H3;3-7,16-17H,1-2H2,(H2,11,12,13);1-5H3;5H,1-4H3;1H,3H2;;/q;;;;;;;+1;-1. The van der Waals surface area contributed by atoms with E-state index < -0.39 is 67.0 Å². The third-order valence-electron chi connectivity index (χ3n) is 20.9. The molecule has 4 aliphatic heterocycles. The molecule has 12 heterocycles. The minimum atomic E-state index is -1.93. The molecule has 672 valence electrons. The molecule has 0 aromatic carbocycles. The monoisotopic (exact) mass is 1850 g/mol. The third-order valence-corrected chi connectivity index (χ3v) is 35.5. The summed E-state index contributed by atoms with van der Waals surface area (Å²) in [7, 11) is 13.1. The van der Waals surface area contributed by atoms with Gasteiger partial charge in [0.25, 0.3) is 0 Å². The van der Waals surface area contributed by atoms with Gasteiger partial charge < -0.3 is 89.4 Å². The van der Waals surface area contributed by atoms with Crippen molar-refractivity contribution >= 4 is 138 Å². The Labute approximate surface area is 756 Å². The van der Waals surface area contributed by atoms with Gasteiger partial charge >= 0.3 is 29.6 Å². The first-order valence-electron chi connectivity index (χ1n) is 39.4. The number of aliphatic hydroxyl groups excluding tert-OH is 5. The number of hydrogen-bond acceptors (Lipinski definition) is 31. The second-order valence-corrected chi connectivity index (χ2v) is 51.8. The number of nitrogens with zero attached hydrogens (tertiary/aromatic N) is 23. The number of ether oxygens (including phenoxy) is 7. The second-order valence-electron chi connectivity index (χ2n) is 34.3. The Morgan fingerprint density at radius 3 is 1.11 bits per heavy atom. The molecule has 4 saturated heterocycles. The summed E-state index contributed by atoms with van der Waals surface area (Å²) in [6.45, 7) is 33.7. The molecule has 0 radical (unpaired) electrons. The fourth-order valence-corrected chi connectivity index (χ4v) is 13.1. The maximum atomic E-state index is 10.5. The topological polar surface area (TPSA) is 435 Å². The summed E-state index contributed by atoms with van der Waals surface area (Å²) in [6.07, 6.45) is 23.6. The normalized spacial score (nSPS) is 21.9. The summed E-state index contributed by atoms with van der Waals surface area (Å²) in [5.74, 6) is 6.68. The summed E-state index contributed by atoms with van der Waals surface area (Å²) in [6, 6.07) is 0. The van der Waals surface area contributed by atoms with Crippen molar-refractivity contribution in [1.82, 2.24) is 97.7 Å². The molecule has 12 unspecified atom stereocenters. The van der Waals surface area contributed by atoms with Crippen molar-refractivity contribution in [3.05, 3.63) is 50.6 Å². The molecule has 0 amide bonds. The van der Waals surface area contributed by atoms with Crippen LogP contribution in [0.4, 0.5) is 23.3 Å². The molecule has 8 aromatic rings. The Balaban J connectivity index is 0.000000322. The van der Waals surface area contributed by atoms with Crippen LogP contribution in [0.25, 0.3) is 44.7 Å². The zero-order chi connectivity index (χ0) is 90.3. The zero-order valence-corrected chi connectivity index (χ0v) is 83.0. The summed E-state index contributed by atoms with van der Waals surface area (Å²) in [5, 5.41) is 49.6. The Morgan fingerprint density at radius 2 is 0.828 bits per heavy atom. The van der Waals surface area contributed by atoms with Gasteiger partial charge in [0, 0.05) is 82.2 Å². The van der Waals surface area contributed by atoms with E-state index in [4.69, 9.17) is 76.8 Å². The van der Waals surface area contributed by atoms with Crippen molar-refractivity contribution in [2.75, 3.05) is 115 Å². The van der Waals surface area contributed by atoms with Gasteiger partial charge in [0.2, 0.25) is 6.41 Å². The molecular formula is C78H129BrClN24NaO14Si3. The number of hydrogen-bond donors (Lipinski definition) is 6. The van der Waals surface area contributed by atoms with E-state index in [0.29, 0.717) is 117 Å². The first kappa shape index (κ1) is 106. The maximum absolute atomic E-state index is 10.5. The van der Waals surface area contributed by atoms with Gasteiger partial charge in [-0.25, -0.2) is 74.8 Å². The number of alkyl halides is 1. The number of methoxy groups -OCH3 is 2. The summed E-state index contributed by atoms with van der Waals surface area (Å²) in [5.41, 5.74) is 10.4. The summed E-state index contributed by atoms with van der Waals surface area (Å²) in [4.78, 5) is 71.2. The van der Waals surface area contributed by atoms with Crippen LogP contribution in [0.5, 0.6) is 0 Å². The SMILES string of the molecule is C#CCBr.C#CCOC1CC(n2cnc3c(N=CN(C)C)ncnc32)OC1CO[Si](C)(C)C(C)(C)C.CC(C)(C)[Si](C)(C)Cl.CN(C)C=Nc1ncnc2c1ncn2C1CC(O)C(CO)O1.CN(C)C=Nc1ncnc2c1ncn2C1CC(O)C(CO[Si](C)(C)C(C)(C)C)O1.COC(OC)N(C)C.Nc1ncnc2c1ncn2C1CC(O)C(CO)O1.[H-].[Na+]. The van der Waals surface area contributed by atoms with Crippen molar-refractivity contribution in [1.29, 1.82) is 0 Å². The maximum Gasteiger partial charge on any atom is 1.00 e. The number of aliphatic imine (C=N–C) groups is 3. The number of nitrogens with two attached hydrogens (primary N) is 1. The van der Waals surface area contributed by atoms with E-state index in [1.807, 2.05) is 80.2 Å². The van der Waals surface area contributed by atoms with Crippen LogP contribution in [-0.2, 0) is 42.0 Å². The first-order valence-corrected chi connectivity index (χ1v) is 50.3. The average molecular weight is 1850 g/mol. The van der Waals surface area contributed by atoms with Gasteiger partial charge in [-0.05, 0) is 55.4 Å².